The first-order valence-electron chi connectivity index (χ1n) is 8.40. The highest BCUT2D eigenvalue weighted by Gasteiger charge is 2.40. The summed E-state index contributed by atoms with van der Waals surface area (Å²) < 4.78 is 28.1. The Kier molecular flexibility index (Phi) is 6.98. The first kappa shape index (κ1) is 21.0. The van der Waals surface area contributed by atoms with Gasteiger partial charge in [0.05, 0.1) is 20.3 Å². The van der Waals surface area contributed by atoms with Crippen molar-refractivity contribution in [1.29, 1.82) is 0 Å². The van der Waals surface area contributed by atoms with Crippen LogP contribution in [0, 0.1) is 6.92 Å². The molecular weight excluding hydrogens is 373 g/mol. The number of hydrogen-bond acceptors (Lipinski definition) is 5. The lowest BCUT2D eigenvalue weighted by Gasteiger charge is -2.35. The molecule has 0 radical (unpaired) electrons. The van der Waals surface area contributed by atoms with Crippen LogP contribution in [0.3, 0.4) is 0 Å². The molecule has 0 saturated carbocycles. The van der Waals surface area contributed by atoms with Gasteiger partial charge < -0.3 is 18.4 Å². The lowest BCUT2D eigenvalue weighted by atomic mass is 10.3. The van der Waals surface area contributed by atoms with E-state index in [1.54, 1.807) is 32.4 Å². The molecule has 0 amide bonds. The number of rotatable bonds is 7. The Morgan fingerprint density at radius 3 is 2.38 bits per heavy atom. The predicted octanol–water partition coefficient (Wildman–Crippen LogP) is 5.78. The molecule has 1 aromatic heterocycles. The normalized spacial score (nSPS) is 14.1. The van der Waals surface area contributed by atoms with Crippen LogP contribution in [0.2, 0.25) is 5.02 Å². The summed E-state index contributed by atoms with van der Waals surface area (Å²) in [7, 11) is 0.678. The van der Waals surface area contributed by atoms with Gasteiger partial charge in [-0.2, -0.15) is 0 Å². The second-order valence-electron chi connectivity index (χ2n) is 6.87. The number of benzene rings is 1. The van der Waals surface area contributed by atoms with Gasteiger partial charge in [-0.25, -0.2) is 4.74 Å². The minimum atomic E-state index is -2.58. The summed E-state index contributed by atoms with van der Waals surface area (Å²) in [5.74, 6) is 1.46. The van der Waals surface area contributed by atoms with E-state index in [2.05, 4.69) is 20.8 Å². The molecular formula is C19H27ClNO4P. The van der Waals surface area contributed by atoms with E-state index in [-0.39, 0.29) is 5.16 Å². The topological polar surface area (TPSA) is 53.2 Å². The van der Waals surface area contributed by atoms with Gasteiger partial charge in [-0.15, -0.1) is 0 Å². The van der Waals surface area contributed by atoms with Crippen molar-refractivity contribution < 1.29 is 18.4 Å². The van der Waals surface area contributed by atoms with Crippen LogP contribution in [0.4, 0.5) is 5.69 Å². The summed E-state index contributed by atoms with van der Waals surface area (Å²) in [4.78, 5) is 0. The third-order valence-electron chi connectivity index (χ3n) is 3.89. The van der Waals surface area contributed by atoms with Crippen LogP contribution in [-0.2, 0) is 9.26 Å². The number of methoxy groups -OCH3 is 2. The first-order valence-corrected chi connectivity index (χ1v) is 10.4. The number of aryl methyl sites for hydroxylation is 1. The summed E-state index contributed by atoms with van der Waals surface area (Å²) >= 11 is 6.21. The zero-order valence-electron chi connectivity index (χ0n) is 16.2. The maximum atomic E-state index is 6.40. The van der Waals surface area contributed by atoms with Gasteiger partial charge in [0.15, 0.2) is 12.8 Å². The van der Waals surface area contributed by atoms with E-state index in [9.17, 15) is 0 Å². The van der Waals surface area contributed by atoms with Gasteiger partial charge in [-0.05, 0) is 37.3 Å². The fourth-order valence-electron chi connectivity index (χ4n) is 2.55. The fraction of sp³-hybridized carbons (Fsp3) is 0.474. The Labute approximate surface area is 160 Å². The monoisotopic (exact) mass is 399 g/mol. The number of nitrogens with zero attached hydrogens (tertiary/aromatic N) is 1. The van der Waals surface area contributed by atoms with Crippen LogP contribution in [0.5, 0.6) is 5.75 Å². The van der Waals surface area contributed by atoms with Gasteiger partial charge >= 0.3 is 0 Å². The molecule has 0 aliphatic carbocycles. The number of halogens is 1. The Morgan fingerprint density at radius 1 is 1.12 bits per heavy atom. The third kappa shape index (κ3) is 4.52. The average molecular weight is 400 g/mol. The van der Waals surface area contributed by atoms with E-state index in [4.69, 9.17) is 34.8 Å². The SMILES string of the molecule is COCCO[P@@](=Nc1cc(Cl)ccc1OC)(c1ccc(C)o1)C(C)(C)C. The molecule has 7 heteroatoms. The van der Waals surface area contributed by atoms with E-state index < -0.39 is 7.28 Å². The first-order chi connectivity index (χ1) is 12.2. The second-order valence-corrected chi connectivity index (χ2v) is 10.7. The molecule has 1 heterocycles. The largest absolute Gasteiger partial charge is 0.494 e. The average Bonchev–Trinajstić information content (AvgIpc) is 3.00. The van der Waals surface area contributed by atoms with Gasteiger partial charge in [0.2, 0.25) is 0 Å². The molecule has 0 spiro atoms. The summed E-state index contributed by atoms with van der Waals surface area (Å²) in [5, 5.41) is 0.280. The minimum absolute atomic E-state index is 0.307. The molecule has 0 aliphatic heterocycles. The van der Waals surface area contributed by atoms with E-state index in [1.807, 2.05) is 19.1 Å². The van der Waals surface area contributed by atoms with Gasteiger partial charge in [0, 0.05) is 17.3 Å². The highest BCUT2D eigenvalue weighted by atomic mass is 35.5. The quantitative estimate of drug-likeness (QED) is 0.437. The number of furan rings is 1. The van der Waals surface area contributed by atoms with Crippen LogP contribution >= 0.6 is 18.9 Å². The van der Waals surface area contributed by atoms with Crippen molar-refractivity contribution >= 4 is 30.1 Å². The Hall–Kier alpha value is -1.26. The van der Waals surface area contributed by atoms with Crippen molar-refractivity contribution in [3.05, 3.63) is 41.1 Å². The Bertz CT molecular complexity index is 795. The zero-order valence-corrected chi connectivity index (χ0v) is 17.9. The van der Waals surface area contributed by atoms with E-state index in [1.165, 1.54) is 0 Å². The minimum Gasteiger partial charge on any atom is -0.494 e. The summed E-state index contributed by atoms with van der Waals surface area (Å²) in [6.07, 6.45) is 0. The van der Waals surface area contributed by atoms with Gasteiger partial charge in [0.25, 0.3) is 0 Å². The molecule has 0 fully saturated rings. The molecule has 0 unspecified atom stereocenters. The van der Waals surface area contributed by atoms with E-state index >= 15 is 0 Å². The van der Waals surface area contributed by atoms with E-state index in [0.717, 1.165) is 11.3 Å². The molecule has 1 aromatic carbocycles. The molecule has 0 aliphatic rings. The molecule has 2 rings (SSSR count). The summed E-state index contributed by atoms with van der Waals surface area (Å²) in [5.41, 5.74) is 1.38. The Morgan fingerprint density at radius 2 is 1.85 bits per heavy atom. The predicted molar refractivity (Wildman–Crippen MR) is 108 cm³/mol. The third-order valence-corrected chi connectivity index (χ3v) is 7.83. The van der Waals surface area contributed by atoms with Crippen molar-refractivity contribution in [3.8, 4) is 5.75 Å². The lowest BCUT2D eigenvalue weighted by molar-refractivity contribution is 0.150. The molecule has 2 aromatic rings. The Balaban J connectivity index is 2.75. The molecule has 144 valence electrons. The summed E-state index contributed by atoms with van der Waals surface area (Å²) in [6.45, 7) is 9.10. The zero-order chi connectivity index (χ0) is 19.4. The molecule has 0 N–H and O–H groups in total. The highest BCUT2D eigenvalue weighted by Crippen LogP contribution is 2.63. The fourth-order valence-corrected chi connectivity index (χ4v) is 5.69. The van der Waals surface area contributed by atoms with Crippen LogP contribution in [0.1, 0.15) is 26.5 Å². The lowest BCUT2D eigenvalue weighted by Crippen LogP contribution is -2.25. The van der Waals surface area contributed by atoms with Crippen LogP contribution in [0.15, 0.2) is 39.5 Å². The molecule has 0 saturated heterocycles. The standard InChI is InChI=1S/C19H27ClNO4P/c1-14-7-10-18(25-14)26(19(2,3)4,24-12-11-22-5)21-16-13-15(20)8-9-17(16)23-6/h7-10,13H,11-12H2,1-6H3/t26-/m0/s1. The summed E-state index contributed by atoms with van der Waals surface area (Å²) in [6, 6.07) is 9.25. The van der Waals surface area contributed by atoms with Crippen LogP contribution in [-0.4, -0.2) is 32.6 Å². The highest BCUT2D eigenvalue weighted by molar-refractivity contribution is 7.70. The maximum absolute atomic E-state index is 6.40. The van der Waals surface area contributed by atoms with Gasteiger partial charge in [0.1, 0.15) is 17.2 Å². The number of ether oxygens (including phenoxy) is 2. The van der Waals surface area contributed by atoms with E-state index in [0.29, 0.717) is 29.7 Å². The smallest absolute Gasteiger partial charge is 0.169 e. The van der Waals surface area contributed by atoms with Crippen LogP contribution in [0.25, 0.3) is 0 Å². The van der Waals surface area contributed by atoms with Gasteiger partial charge in [-0.3, -0.25) is 0 Å². The maximum Gasteiger partial charge on any atom is 0.169 e. The van der Waals surface area contributed by atoms with Crippen molar-refractivity contribution in [2.45, 2.75) is 32.9 Å². The molecule has 5 nitrogen and oxygen atoms in total. The van der Waals surface area contributed by atoms with Crippen molar-refractivity contribution in [2.75, 3.05) is 27.4 Å². The van der Waals surface area contributed by atoms with Crippen molar-refractivity contribution in [3.63, 3.8) is 0 Å². The van der Waals surface area contributed by atoms with Gasteiger partial charge in [-0.1, -0.05) is 32.4 Å². The van der Waals surface area contributed by atoms with Crippen LogP contribution < -0.4 is 10.2 Å². The molecule has 0 bridgehead atoms. The number of hydrogen-bond donors (Lipinski definition) is 0. The van der Waals surface area contributed by atoms with Crippen molar-refractivity contribution in [2.24, 2.45) is 4.74 Å². The molecule has 1 atom stereocenters. The van der Waals surface area contributed by atoms with Crippen molar-refractivity contribution in [1.82, 2.24) is 0 Å². The molecule has 26 heavy (non-hydrogen) atoms. The second kappa shape index (κ2) is 8.62.